The maximum absolute atomic E-state index is 5.28. The number of likely N-dealkylation sites (N-methyl/N-ethyl adjacent to an activating group) is 1. The second-order valence-electron chi connectivity index (χ2n) is 3.11. The molecule has 0 heterocycles. The molecule has 0 radical (unpaired) electrons. The van der Waals surface area contributed by atoms with Crippen LogP contribution in [-0.4, -0.2) is 44.3 Å². The van der Waals surface area contributed by atoms with Gasteiger partial charge in [0.15, 0.2) is 0 Å². The fourth-order valence-corrected chi connectivity index (χ4v) is 1.09. The molecule has 0 saturated heterocycles. The topological polar surface area (TPSA) is 38.5 Å². The molecule has 0 aromatic rings. The van der Waals surface area contributed by atoms with E-state index in [-0.39, 0.29) is 0 Å². The third kappa shape index (κ3) is 3.70. The first-order valence-electron chi connectivity index (χ1n) is 4.32. The number of hydrogen-bond donors (Lipinski definition) is 1. The molecule has 3 nitrogen and oxygen atoms in total. The second kappa shape index (κ2) is 4.70. The van der Waals surface area contributed by atoms with E-state index in [4.69, 9.17) is 10.5 Å². The van der Waals surface area contributed by atoms with E-state index in [2.05, 4.69) is 11.9 Å². The summed E-state index contributed by atoms with van der Waals surface area (Å²) in [5.41, 5.74) is 5.28. The lowest BCUT2D eigenvalue weighted by atomic mass is 10.5. The Morgan fingerprint density at radius 3 is 2.73 bits per heavy atom. The highest BCUT2D eigenvalue weighted by Gasteiger charge is 2.25. The van der Waals surface area contributed by atoms with Crippen LogP contribution in [-0.2, 0) is 4.74 Å². The standard InChI is InChI=1S/C8H18N2O/c1-10(8-2-3-8)5-7-11-6-4-9/h8H,2-7,9H2,1H3. The van der Waals surface area contributed by atoms with Crippen LogP contribution in [0.25, 0.3) is 0 Å². The van der Waals surface area contributed by atoms with Crippen molar-refractivity contribution in [2.45, 2.75) is 18.9 Å². The van der Waals surface area contributed by atoms with Gasteiger partial charge in [-0.1, -0.05) is 0 Å². The summed E-state index contributed by atoms with van der Waals surface area (Å²) in [6, 6.07) is 0.844. The van der Waals surface area contributed by atoms with Crippen molar-refractivity contribution in [2.75, 3.05) is 33.4 Å². The molecule has 0 spiro atoms. The summed E-state index contributed by atoms with van der Waals surface area (Å²) in [5, 5.41) is 0. The highest BCUT2D eigenvalue weighted by atomic mass is 16.5. The third-order valence-electron chi connectivity index (χ3n) is 2.02. The highest BCUT2D eigenvalue weighted by molar-refractivity contribution is 4.81. The molecule has 66 valence electrons. The minimum absolute atomic E-state index is 0.632. The van der Waals surface area contributed by atoms with Gasteiger partial charge in [0.05, 0.1) is 13.2 Å². The first-order chi connectivity index (χ1) is 5.34. The number of nitrogens with zero attached hydrogens (tertiary/aromatic N) is 1. The lowest BCUT2D eigenvalue weighted by molar-refractivity contribution is 0.115. The van der Waals surface area contributed by atoms with Crippen LogP contribution in [0.15, 0.2) is 0 Å². The van der Waals surface area contributed by atoms with Gasteiger partial charge in [-0.3, -0.25) is 0 Å². The van der Waals surface area contributed by atoms with Gasteiger partial charge in [0.2, 0.25) is 0 Å². The van der Waals surface area contributed by atoms with Crippen molar-refractivity contribution in [3.8, 4) is 0 Å². The molecule has 0 amide bonds. The maximum atomic E-state index is 5.28. The summed E-state index contributed by atoms with van der Waals surface area (Å²) < 4.78 is 5.26. The minimum atomic E-state index is 0.632. The summed E-state index contributed by atoms with van der Waals surface area (Å²) in [4.78, 5) is 2.36. The second-order valence-corrected chi connectivity index (χ2v) is 3.11. The van der Waals surface area contributed by atoms with E-state index in [9.17, 15) is 0 Å². The largest absolute Gasteiger partial charge is 0.379 e. The number of rotatable bonds is 6. The maximum Gasteiger partial charge on any atom is 0.0594 e. The van der Waals surface area contributed by atoms with Crippen molar-refractivity contribution in [3.63, 3.8) is 0 Å². The fraction of sp³-hybridized carbons (Fsp3) is 1.00. The number of ether oxygens (including phenoxy) is 1. The zero-order valence-corrected chi connectivity index (χ0v) is 7.25. The van der Waals surface area contributed by atoms with E-state index >= 15 is 0 Å². The Kier molecular flexibility index (Phi) is 3.83. The first kappa shape index (κ1) is 8.97. The van der Waals surface area contributed by atoms with E-state index in [0.29, 0.717) is 13.2 Å². The van der Waals surface area contributed by atoms with Gasteiger partial charge in [-0.25, -0.2) is 0 Å². The molecule has 1 saturated carbocycles. The average Bonchev–Trinajstić information content (AvgIpc) is 2.79. The molecule has 0 unspecified atom stereocenters. The van der Waals surface area contributed by atoms with Crippen molar-refractivity contribution in [3.05, 3.63) is 0 Å². The molecule has 0 aliphatic heterocycles. The van der Waals surface area contributed by atoms with Crippen molar-refractivity contribution < 1.29 is 4.74 Å². The van der Waals surface area contributed by atoms with Crippen LogP contribution in [0, 0.1) is 0 Å². The first-order valence-corrected chi connectivity index (χ1v) is 4.32. The van der Waals surface area contributed by atoms with Crippen molar-refractivity contribution in [2.24, 2.45) is 5.73 Å². The summed E-state index contributed by atoms with van der Waals surface area (Å²) in [7, 11) is 2.16. The molecule has 11 heavy (non-hydrogen) atoms. The fourth-order valence-electron chi connectivity index (χ4n) is 1.09. The van der Waals surface area contributed by atoms with Crippen LogP contribution in [0.2, 0.25) is 0 Å². The van der Waals surface area contributed by atoms with Gasteiger partial charge in [-0.05, 0) is 19.9 Å². The molecule has 0 aromatic carbocycles. The number of hydrogen-bond acceptors (Lipinski definition) is 3. The predicted molar refractivity (Wildman–Crippen MR) is 45.5 cm³/mol. The molecule has 0 aromatic heterocycles. The molecule has 0 bridgehead atoms. The Morgan fingerprint density at radius 2 is 2.18 bits per heavy atom. The van der Waals surface area contributed by atoms with E-state index in [1.54, 1.807) is 0 Å². The number of nitrogens with two attached hydrogens (primary N) is 1. The average molecular weight is 158 g/mol. The lowest BCUT2D eigenvalue weighted by Gasteiger charge is -2.14. The summed E-state index contributed by atoms with van der Waals surface area (Å²) in [6.45, 7) is 3.19. The Labute approximate surface area is 68.5 Å². The zero-order valence-electron chi connectivity index (χ0n) is 7.25. The molecular formula is C8H18N2O. The van der Waals surface area contributed by atoms with Crippen LogP contribution in [0.1, 0.15) is 12.8 Å². The monoisotopic (exact) mass is 158 g/mol. The third-order valence-corrected chi connectivity index (χ3v) is 2.02. The van der Waals surface area contributed by atoms with Gasteiger partial charge in [-0.2, -0.15) is 0 Å². The molecule has 3 heteroatoms. The Balaban J connectivity index is 1.85. The van der Waals surface area contributed by atoms with Crippen LogP contribution in [0.4, 0.5) is 0 Å². The van der Waals surface area contributed by atoms with Crippen LogP contribution in [0.5, 0.6) is 0 Å². The van der Waals surface area contributed by atoms with Crippen LogP contribution in [0.3, 0.4) is 0 Å². The van der Waals surface area contributed by atoms with Gasteiger partial charge in [0.1, 0.15) is 0 Å². The Hall–Kier alpha value is -0.120. The normalized spacial score (nSPS) is 17.7. The van der Waals surface area contributed by atoms with Crippen molar-refractivity contribution >= 4 is 0 Å². The smallest absolute Gasteiger partial charge is 0.0594 e. The van der Waals surface area contributed by atoms with Crippen LogP contribution >= 0.6 is 0 Å². The summed E-state index contributed by atoms with van der Waals surface area (Å²) >= 11 is 0. The van der Waals surface area contributed by atoms with Crippen molar-refractivity contribution in [1.29, 1.82) is 0 Å². The van der Waals surface area contributed by atoms with Gasteiger partial charge >= 0.3 is 0 Å². The quantitative estimate of drug-likeness (QED) is 0.555. The zero-order chi connectivity index (χ0) is 8.10. The SMILES string of the molecule is CN(CCOCCN)C1CC1. The van der Waals surface area contributed by atoms with Gasteiger partial charge in [0, 0.05) is 19.1 Å². The minimum Gasteiger partial charge on any atom is -0.379 e. The molecule has 2 N–H and O–H groups in total. The molecule has 1 fully saturated rings. The highest BCUT2D eigenvalue weighted by Crippen LogP contribution is 2.24. The van der Waals surface area contributed by atoms with E-state index in [0.717, 1.165) is 19.2 Å². The molecule has 1 aliphatic carbocycles. The molecular weight excluding hydrogens is 140 g/mol. The Bertz CT molecular complexity index is 104. The van der Waals surface area contributed by atoms with Gasteiger partial charge in [0.25, 0.3) is 0 Å². The van der Waals surface area contributed by atoms with Gasteiger partial charge < -0.3 is 15.4 Å². The molecule has 0 atom stereocenters. The summed E-state index contributed by atoms with van der Waals surface area (Å²) in [6.07, 6.45) is 2.74. The lowest BCUT2D eigenvalue weighted by Crippen LogP contribution is -2.26. The van der Waals surface area contributed by atoms with Crippen LogP contribution < -0.4 is 5.73 Å². The molecule has 1 aliphatic rings. The predicted octanol–water partition coefficient (Wildman–Crippen LogP) is 0.0559. The summed E-state index contributed by atoms with van der Waals surface area (Å²) in [5.74, 6) is 0. The molecule has 1 rings (SSSR count). The van der Waals surface area contributed by atoms with Gasteiger partial charge in [-0.15, -0.1) is 0 Å². The van der Waals surface area contributed by atoms with Crippen molar-refractivity contribution in [1.82, 2.24) is 4.90 Å². The van der Waals surface area contributed by atoms with E-state index < -0.39 is 0 Å². The van der Waals surface area contributed by atoms with E-state index in [1.807, 2.05) is 0 Å². The Morgan fingerprint density at radius 1 is 1.45 bits per heavy atom. The van der Waals surface area contributed by atoms with E-state index in [1.165, 1.54) is 12.8 Å².